The molecule has 0 atom stereocenters. The molecule has 33 heavy (non-hydrogen) atoms. The molecule has 3 N–H and O–H groups in total. The second-order valence-electron chi connectivity index (χ2n) is 6.48. The Balaban J connectivity index is 1.55. The van der Waals surface area contributed by atoms with Gasteiger partial charge in [0.05, 0.1) is 19.0 Å². The molecule has 4 rings (SSSR count). The number of nitrogens with one attached hydrogen (secondary N) is 1. The Morgan fingerprint density at radius 3 is 2.67 bits per heavy atom. The van der Waals surface area contributed by atoms with Crippen LogP contribution in [0, 0.1) is 0 Å². The molecule has 0 aliphatic carbocycles. The van der Waals surface area contributed by atoms with Gasteiger partial charge in [0, 0.05) is 15.7 Å². The van der Waals surface area contributed by atoms with E-state index in [9.17, 15) is 4.79 Å². The first-order valence-electron chi connectivity index (χ1n) is 9.44. The Morgan fingerprint density at radius 1 is 1.24 bits per heavy atom. The highest BCUT2D eigenvalue weighted by molar-refractivity contribution is 7.98. The number of aromatic nitrogens is 5. The number of halogens is 1. The minimum atomic E-state index is -0.548. The highest BCUT2D eigenvalue weighted by Crippen LogP contribution is 2.27. The van der Waals surface area contributed by atoms with E-state index in [4.69, 9.17) is 22.1 Å². The molecule has 0 radical (unpaired) electrons. The van der Waals surface area contributed by atoms with E-state index in [0.717, 1.165) is 16.2 Å². The van der Waals surface area contributed by atoms with Crippen molar-refractivity contribution in [1.29, 1.82) is 0 Å². The molecule has 0 aliphatic heterocycles. The number of carbonyl (C=O) groups is 1. The van der Waals surface area contributed by atoms with Crippen LogP contribution in [0.4, 0.5) is 5.82 Å². The molecule has 0 aliphatic rings. The van der Waals surface area contributed by atoms with Gasteiger partial charge in [-0.1, -0.05) is 16.8 Å². The van der Waals surface area contributed by atoms with Crippen molar-refractivity contribution >= 4 is 41.3 Å². The minimum absolute atomic E-state index is 0.0159. The number of benzene rings is 2. The number of thioether (sulfide) groups is 1. The summed E-state index contributed by atoms with van der Waals surface area (Å²) < 4.78 is 11.1. The fourth-order valence-corrected chi connectivity index (χ4v) is 3.72. The second-order valence-corrected chi connectivity index (χ2v) is 7.97. The molecular weight excluding hydrogens is 468 g/mol. The van der Waals surface area contributed by atoms with Gasteiger partial charge in [0.1, 0.15) is 5.75 Å². The highest BCUT2D eigenvalue weighted by Gasteiger charge is 2.24. The van der Waals surface area contributed by atoms with Crippen molar-refractivity contribution < 1.29 is 14.2 Å². The number of nitrogens with two attached hydrogens (primary N) is 1. The summed E-state index contributed by atoms with van der Waals surface area (Å²) in [5.41, 5.74) is 9.54. The number of amides is 1. The molecule has 0 fully saturated rings. The number of anilines is 1. The molecule has 2 aromatic heterocycles. The van der Waals surface area contributed by atoms with Crippen molar-refractivity contribution in [3.8, 4) is 11.6 Å². The lowest BCUT2D eigenvalue weighted by Gasteiger charge is -2.06. The minimum Gasteiger partial charge on any atom is -0.497 e. The highest BCUT2D eigenvalue weighted by atomic mass is 35.5. The number of rotatable bonds is 8. The average molecular weight is 485 g/mol. The molecule has 13 heteroatoms. The largest absolute Gasteiger partial charge is 0.497 e. The van der Waals surface area contributed by atoms with Crippen LogP contribution < -0.4 is 15.9 Å². The Bertz CT molecular complexity index is 1270. The maximum Gasteiger partial charge on any atom is 0.293 e. The van der Waals surface area contributed by atoms with Gasteiger partial charge in [0.2, 0.25) is 11.6 Å². The van der Waals surface area contributed by atoms with E-state index >= 15 is 0 Å². The van der Waals surface area contributed by atoms with Crippen LogP contribution in [0.2, 0.25) is 5.02 Å². The SMILES string of the molecule is COc1ccc(/C=N/NC(=O)c2nnn(-c3nonc3N)c2CSc2ccc(Cl)cc2)cc1. The maximum atomic E-state index is 12.8. The van der Waals surface area contributed by atoms with E-state index in [-0.39, 0.29) is 17.3 Å². The van der Waals surface area contributed by atoms with Gasteiger partial charge in [-0.15, -0.1) is 16.9 Å². The lowest BCUT2D eigenvalue weighted by Crippen LogP contribution is -2.20. The summed E-state index contributed by atoms with van der Waals surface area (Å²) in [6, 6.07) is 14.5. The molecular formula is C20H17ClN8O3S. The van der Waals surface area contributed by atoms with Crippen molar-refractivity contribution in [3.63, 3.8) is 0 Å². The zero-order chi connectivity index (χ0) is 23.2. The van der Waals surface area contributed by atoms with Gasteiger partial charge >= 0.3 is 0 Å². The standard InChI is InChI=1S/C20H17ClN8O3S/c1-31-14-6-2-12(3-7-14)10-23-25-20(30)17-16(11-33-15-8-4-13(21)5-9-15)29(28-24-17)19-18(22)26-32-27-19/h2-10H,11H2,1H3,(H2,22,26)(H,25,30)/b23-10+. The predicted molar refractivity (Wildman–Crippen MR) is 123 cm³/mol. The summed E-state index contributed by atoms with van der Waals surface area (Å²) in [6.45, 7) is 0. The number of hydrogen-bond donors (Lipinski definition) is 2. The first kappa shape index (κ1) is 22.3. The fourth-order valence-electron chi connectivity index (χ4n) is 2.71. The normalized spacial score (nSPS) is 11.1. The summed E-state index contributed by atoms with van der Waals surface area (Å²) in [5, 5.41) is 20.0. The van der Waals surface area contributed by atoms with Crippen LogP contribution in [-0.2, 0) is 5.75 Å². The second kappa shape index (κ2) is 10.1. The van der Waals surface area contributed by atoms with Crippen LogP contribution in [-0.4, -0.2) is 44.5 Å². The van der Waals surface area contributed by atoms with Gasteiger partial charge in [-0.3, -0.25) is 4.79 Å². The Kier molecular flexibility index (Phi) is 6.86. The molecule has 0 saturated heterocycles. The summed E-state index contributed by atoms with van der Waals surface area (Å²) in [5.74, 6) is 0.647. The predicted octanol–water partition coefficient (Wildman–Crippen LogP) is 2.95. The van der Waals surface area contributed by atoms with Crippen molar-refractivity contribution in [3.05, 3.63) is 70.5 Å². The van der Waals surface area contributed by atoms with E-state index in [2.05, 4.69) is 35.8 Å². The molecule has 168 valence electrons. The number of carbonyl (C=O) groups excluding carboxylic acids is 1. The van der Waals surface area contributed by atoms with Gasteiger partial charge in [0.15, 0.2) is 5.69 Å². The smallest absolute Gasteiger partial charge is 0.293 e. The van der Waals surface area contributed by atoms with E-state index in [1.54, 1.807) is 43.5 Å². The third kappa shape index (κ3) is 5.30. The average Bonchev–Trinajstić information content (AvgIpc) is 3.44. The van der Waals surface area contributed by atoms with E-state index in [1.165, 1.54) is 22.7 Å². The van der Waals surface area contributed by atoms with Crippen LogP contribution in [0.25, 0.3) is 5.82 Å². The van der Waals surface area contributed by atoms with Gasteiger partial charge in [0.25, 0.3) is 5.91 Å². The lowest BCUT2D eigenvalue weighted by atomic mass is 10.2. The molecule has 4 aromatic rings. The van der Waals surface area contributed by atoms with Crippen molar-refractivity contribution in [2.24, 2.45) is 5.10 Å². The molecule has 11 nitrogen and oxygen atoms in total. The van der Waals surface area contributed by atoms with Gasteiger partial charge in [-0.25, -0.2) is 10.1 Å². The van der Waals surface area contributed by atoms with Crippen LogP contribution in [0.3, 0.4) is 0 Å². The topological polar surface area (TPSA) is 146 Å². The Hall–Kier alpha value is -3.90. The number of hydrogen-bond acceptors (Lipinski definition) is 10. The molecule has 0 bridgehead atoms. The van der Waals surface area contributed by atoms with Crippen molar-refractivity contribution in [1.82, 2.24) is 30.7 Å². The first-order chi connectivity index (χ1) is 16.0. The number of methoxy groups -OCH3 is 1. The third-order valence-electron chi connectivity index (χ3n) is 4.36. The quantitative estimate of drug-likeness (QED) is 0.219. The van der Waals surface area contributed by atoms with E-state index in [0.29, 0.717) is 16.5 Å². The Labute approximate surface area is 196 Å². The molecule has 1 amide bonds. The van der Waals surface area contributed by atoms with E-state index in [1.807, 2.05) is 12.1 Å². The molecule has 0 unspecified atom stereocenters. The third-order valence-corrected chi connectivity index (χ3v) is 5.63. The number of hydrazone groups is 1. The number of nitrogens with zero attached hydrogens (tertiary/aromatic N) is 6. The van der Waals surface area contributed by atoms with Crippen LogP contribution in [0.5, 0.6) is 5.75 Å². The van der Waals surface area contributed by atoms with Crippen LogP contribution >= 0.6 is 23.4 Å². The van der Waals surface area contributed by atoms with E-state index < -0.39 is 5.91 Å². The maximum absolute atomic E-state index is 12.8. The Morgan fingerprint density at radius 2 is 2.00 bits per heavy atom. The fraction of sp³-hybridized carbons (Fsp3) is 0.100. The van der Waals surface area contributed by atoms with Crippen LogP contribution in [0.1, 0.15) is 21.7 Å². The van der Waals surface area contributed by atoms with Crippen molar-refractivity contribution in [2.45, 2.75) is 10.6 Å². The van der Waals surface area contributed by atoms with Gasteiger partial charge < -0.3 is 10.5 Å². The van der Waals surface area contributed by atoms with Gasteiger partial charge in [-0.05, 0) is 64.4 Å². The van der Waals surface area contributed by atoms with Crippen molar-refractivity contribution in [2.75, 3.05) is 12.8 Å². The van der Waals surface area contributed by atoms with Crippen LogP contribution in [0.15, 0.2) is 63.2 Å². The summed E-state index contributed by atoms with van der Waals surface area (Å²) in [7, 11) is 1.59. The number of ether oxygens (including phenoxy) is 1. The first-order valence-corrected chi connectivity index (χ1v) is 10.8. The number of nitrogen functional groups attached to an aromatic ring is 1. The van der Waals surface area contributed by atoms with Gasteiger partial charge in [-0.2, -0.15) is 9.78 Å². The lowest BCUT2D eigenvalue weighted by molar-refractivity contribution is 0.0949. The molecule has 0 spiro atoms. The zero-order valence-electron chi connectivity index (χ0n) is 17.2. The zero-order valence-corrected chi connectivity index (χ0v) is 18.7. The molecule has 0 saturated carbocycles. The molecule has 2 aromatic carbocycles. The monoisotopic (exact) mass is 484 g/mol. The molecule has 2 heterocycles. The summed E-state index contributed by atoms with van der Waals surface area (Å²) in [6.07, 6.45) is 1.50. The summed E-state index contributed by atoms with van der Waals surface area (Å²) >= 11 is 7.40. The summed E-state index contributed by atoms with van der Waals surface area (Å²) in [4.78, 5) is 13.7.